The molecule has 2 rings (SSSR count). The Kier molecular flexibility index (Phi) is 8.59. The quantitative estimate of drug-likeness (QED) is 0.201. The van der Waals surface area contributed by atoms with Crippen molar-refractivity contribution in [2.45, 2.75) is 46.3 Å². The fourth-order valence-corrected chi connectivity index (χ4v) is 3.74. The minimum absolute atomic E-state index is 0.0839. The van der Waals surface area contributed by atoms with Gasteiger partial charge in [-0.2, -0.15) is 0 Å². The summed E-state index contributed by atoms with van der Waals surface area (Å²) < 4.78 is 21.6. The fourth-order valence-electron chi connectivity index (χ4n) is 3.40. The molecule has 5 N–H and O–H groups in total. The number of hydrogen-bond acceptors (Lipinski definition) is 7. The monoisotopic (exact) mass is 463 g/mol. The summed E-state index contributed by atoms with van der Waals surface area (Å²) in [5, 5.41) is 22.3. The summed E-state index contributed by atoms with van der Waals surface area (Å²) in [7, 11) is 3.18. The minimum Gasteiger partial charge on any atom is -0.572 e. The van der Waals surface area contributed by atoms with Gasteiger partial charge < -0.3 is 29.9 Å². The second kappa shape index (κ2) is 10.8. The number of carbonyl (C=O) groups is 1. The SMILES string of the molecule is C=C(N[C@H](C(C)C)C1CC(C)=C(C)O1)C(=N[S+](N)[O-])Nc1cccc(C(=O)N(C)C)c1O. The average molecular weight is 464 g/mol. The summed E-state index contributed by atoms with van der Waals surface area (Å²) in [5.74, 6) is 0.565. The number of nitrogens with one attached hydrogen (secondary N) is 2. The molecule has 32 heavy (non-hydrogen) atoms. The summed E-state index contributed by atoms with van der Waals surface area (Å²) in [4.78, 5) is 13.7. The molecule has 0 bridgehead atoms. The van der Waals surface area contributed by atoms with E-state index in [2.05, 4.69) is 35.5 Å². The molecule has 2 unspecified atom stereocenters. The van der Waals surface area contributed by atoms with Crippen LogP contribution >= 0.6 is 0 Å². The second-order valence-corrected chi connectivity index (χ2v) is 9.07. The first-order valence-corrected chi connectivity index (χ1v) is 11.4. The highest BCUT2D eigenvalue weighted by molar-refractivity contribution is 7.88. The molecule has 10 heteroatoms. The molecule has 0 fully saturated rings. The zero-order chi connectivity index (χ0) is 24.2. The molecule has 1 aliphatic heterocycles. The van der Waals surface area contributed by atoms with Gasteiger partial charge in [-0.1, -0.05) is 26.5 Å². The van der Waals surface area contributed by atoms with Crippen LogP contribution in [0.4, 0.5) is 5.69 Å². The van der Waals surface area contributed by atoms with E-state index in [-0.39, 0.29) is 46.8 Å². The van der Waals surface area contributed by atoms with E-state index in [1.165, 1.54) is 16.5 Å². The number of amides is 1. The van der Waals surface area contributed by atoms with Crippen molar-refractivity contribution in [2.24, 2.45) is 15.5 Å². The predicted octanol–water partition coefficient (Wildman–Crippen LogP) is 2.65. The van der Waals surface area contributed by atoms with Crippen LogP contribution in [0.2, 0.25) is 0 Å². The van der Waals surface area contributed by atoms with E-state index in [0.717, 1.165) is 12.2 Å². The van der Waals surface area contributed by atoms with E-state index in [4.69, 9.17) is 9.88 Å². The van der Waals surface area contributed by atoms with Crippen molar-refractivity contribution in [1.29, 1.82) is 0 Å². The van der Waals surface area contributed by atoms with Gasteiger partial charge in [-0.3, -0.25) is 4.79 Å². The van der Waals surface area contributed by atoms with Gasteiger partial charge in [0.1, 0.15) is 6.10 Å². The molecule has 1 amide bonds. The number of para-hydroxylation sites is 1. The lowest BCUT2D eigenvalue weighted by molar-refractivity contribution is 0.0824. The molecular weight excluding hydrogens is 430 g/mol. The maximum absolute atomic E-state index is 12.3. The van der Waals surface area contributed by atoms with Gasteiger partial charge in [0.25, 0.3) is 5.91 Å². The van der Waals surface area contributed by atoms with E-state index >= 15 is 0 Å². The number of rotatable bonds is 8. The van der Waals surface area contributed by atoms with Gasteiger partial charge in [0.05, 0.1) is 28.7 Å². The number of benzene rings is 1. The van der Waals surface area contributed by atoms with Gasteiger partial charge in [-0.05, 0) is 41.9 Å². The molecule has 1 heterocycles. The second-order valence-electron chi connectivity index (χ2n) is 8.33. The normalized spacial score (nSPS) is 18.3. The number of aromatic hydroxyl groups is 1. The standard InChI is InChI=1S/C22H33N5O4S/c1-12(2)19(18-11-13(3)15(5)31-18)24-14(4)21(26-32(23)30)25-17-10-8-9-16(20(17)28)22(29)27(6)7/h8-10,12,18-19,24,28H,4,11,23H2,1-3,5-7H3,(H,25,26)/t18?,19-,32?/m1/s1. The van der Waals surface area contributed by atoms with E-state index in [9.17, 15) is 14.5 Å². The van der Waals surface area contributed by atoms with Crippen molar-refractivity contribution in [3.05, 3.63) is 47.4 Å². The summed E-state index contributed by atoms with van der Waals surface area (Å²) in [6.07, 6.45) is 0.693. The van der Waals surface area contributed by atoms with Crippen molar-refractivity contribution < 1.29 is 19.2 Å². The molecule has 0 saturated heterocycles. The Morgan fingerprint density at radius 1 is 1.41 bits per heavy atom. The molecular formula is C22H33N5O4S. The third-order valence-corrected chi connectivity index (χ3v) is 5.65. The molecule has 0 aliphatic carbocycles. The van der Waals surface area contributed by atoms with Crippen LogP contribution in [0.25, 0.3) is 0 Å². The highest BCUT2D eigenvalue weighted by Crippen LogP contribution is 2.30. The van der Waals surface area contributed by atoms with Crippen molar-refractivity contribution in [2.75, 3.05) is 19.4 Å². The van der Waals surface area contributed by atoms with Gasteiger partial charge in [-0.25, -0.2) is 0 Å². The van der Waals surface area contributed by atoms with Crippen molar-refractivity contribution in [3.63, 3.8) is 0 Å². The number of nitrogens with two attached hydrogens (primary N) is 1. The summed E-state index contributed by atoms with van der Waals surface area (Å²) in [6.45, 7) is 12.1. The highest BCUT2D eigenvalue weighted by Gasteiger charge is 2.32. The van der Waals surface area contributed by atoms with Crippen LogP contribution in [0.5, 0.6) is 5.75 Å². The Morgan fingerprint density at radius 2 is 2.06 bits per heavy atom. The maximum atomic E-state index is 12.3. The number of hydrogen-bond donors (Lipinski definition) is 4. The number of amidine groups is 1. The topological polar surface area (TPSA) is 135 Å². The lowest BCUT2D eigenvalue weighted by Crippen LogP contribution is -2.45. The maximum Gasteiger partial charge on any atom is 0.257 e. The third-order valence-electron chi connectivity index (χ3n) is 5.29. The number of phenolic OH excluding ortho intramolecular Hbond substituents is 1. The lowest BCUT2D eigenvalue weighted by Gasteiger charge is -2.30. The van der Waals surface area contributed by atoms with Crippen LogP contribution in [-0.4, -0.2) is 52.5 Å². The van der Waals surface area contributed by atoms with Gasteiger partial charge in [0, 0.05) is 20.5 Å². The molecule has 9 nitrogen and oxygen atoms in total. The minimum atomic E-state index is -2.03. The summed E-state index contributed by atoms with van der Waals surface area (Å²) in [5.41, 5.74) is 1.84. The van der Waals surface area contributed by atoms with Crippen molar-refractivity contribution in [3.8, 4) is 5.75 Å². The van der Waals surface area contributed by atoms with Gasteiger partial charge >= 0.3 is 0 Å². The molecule has 176 valence electrons. The number of anilines is 1. The van der Waals surface area contributed by atoms with Crippen molar-refractivity contribution in [1.82, 2.24) is 10.2 Å². The molecule has 1 aromatic rings. The van der Waals surface area contributed by atoms with Gasteiger partial charge in [0.15, 0.2) is 17.3 Å². The summed E-state index contributed by atoms with van der Waals surface area (Å²) in [6, 6.07) is 4.59. The van der Waals surface area contributed by atoms with E-state index < -0.39 is 11.5 Å². The molecule has 0 saturated carbocycles. The fraction of sp³-hybridized carbons (Fsp3) is 0.455. The molecule has 3 atom stereocenters. The number of carbonyl (C=O) groups excluding carboxylic acids is 1. The zero-order valence-electron chi connectivity index (χ0n) is 19.4. The predicted molar refractivity (Wildman–Crippen MR) is 128 cm³/mol. The molecule has 1 aliphatic rings. The Hall–Kier alpha value is -2.69. The summed E-state index contributed by atoms with van der Waals surface area (Å²) >= 11 is -2.03. The highest BCUT2D eigenvalue weighted by atomic mass is 32.2. The third kappa shape index (κ3) is 6.18. The number of phenols is 1. The first-order chi connectivity index (χ1) is 14.9. The molecule has 0 aromatic heterocycles. The molecule has 1 aromatic carbocycles. The first-order valence-electron chi connectivity index (χ1n) is 10.3. The van der Waals surface area contributed by atoms with Crippen molar-refractivity contribution >= 4 is 29.0 Å². The number of ether oxygens (including phenoxy) is 1. The first kappa shape index (κ1) is 25.6. The molecule has 0 radical (unpaired) electrons. The van der Waals surface area contributed by atoms with Crippen LogP contribution < -0.4 is 15.8 Å². The van der Waals surface area contributed by atoms with Gasteiger partial charge in [0.2, 0.25) is 5.84 Å². The average Bonchev–Trinajstić information content (AvgIpc) is 3.03. The van der Waals surface area contributed by atoms with Crippen LogP contribution in [-0.2, 0) is 16.3 Å². The van der Waals surface area contributed by atoms with E-state index in [1.807, 2.05) is 13.8 Å². The number of allylic oxidation sites excluding steroid dienone is 1. The zero-order valence-corrected chi connectivity index (χ0v) is 20.2. The smallest absolute Gasteiger partial charge is 0.257 e. The van der Waals surface area contributed by atoms with Crippen LogP contribution in [0.3, 0.4) is 0 Å². The lowest BCUT2D eigenvalue weighted by atomic mass is 9.95. The molecule has 0 spiro atoms. The Bertz CT molecular complexity index is 913. The Labute approximate surface area is 192 Å². The Morgan fingerprint density at radius 3 is 2.56 bits per heavy atom. The van der Waals surface area contributed by atoms with Crippen LogP contribution in [0, 0.1) is 5.92 Å². The Balaban J connectivity index is 2.28. The largest absolute Gasteiger partial charge is 0.572 e. The van der Waals surface area contributed by atoms with E-state index in [1.54, 1.807) is 26.2 Å². The number of nitrogens with zero attached hydrogens (tertiary/aromatic N) is 2. The van der Waals surface area contributed by atoms with Gasteiger partial charge in [-0.15, -0.1) is 5.14 Å². The van der Waals surface area contributed by atoms with E-state index in [0.29, 0.717) is 5.70 Å². The van der Waals surface area contributed by atoms with Crippen LogP contribution in [0.15, 0.2) is 46.2 Å². The van der Waals surface area contributed by atoms with Crippen LogP contribution in [0.1, 0.15) is 44.5 Å².